The first-order valence-corrected chi connectivity index (χ1v) is 11.7. The highest BCUT2D eigenvalue weighted by atomic mass is 35.5. The molecule has 10 heteroatoms. The Morgan fingerprint density at radius 1 is 1.17 bits per heavy atom. The van der Waals surface area contributed by atoms with Crippen molar-refractivity contribution in [3.8, 4) is 11.5 Å². The summed E-state index contributed by atoms with van der Waals surface area (Å²) in [5.41, 5.74) is 0.831. The zero-order chi connectivity index (χ0) is 24.9. The lowest BCUT2D eigenvalue weighted by atomic mass is 9.92. The highest BCUT2D eigenvalue weighted by Gasteiger charge is 2.28. The molecule has 2 aromatic carbocycles. The van der Waals surface area contributed by atoms with Crippen LogP contribution in [0.4, 0.5) is 15.9 Å². The number of ether oxygens (including phenoxy) is 3. The van der Waals surface area contributed by atoms with Gasteiger partial charge < -0.3 is 24.4 Å². The van der Waals surface area contributed by atoms with Crippen LogP contribution in [0.15, 0.2) is 36.7 Å². The molecular weight excluding hydrogens is 475 g/mol. The molecule has 0 bridgehead atoms. The lowest BCUT2D eigenvalue weighted by Gasteiger charge is -2.34. The number of carbonyl (C=O) groups is 1. The fraction of sp³-hybridized carbons (Fsp3) is 0.400. The minimum absolute atomic E-state index is 0.0178. The average Bonchev–Trinajstić information content (AvgIpc) is 2.87. The van der Waals surface area contributed by atoms with E-state index in [1.807, 2.05) is 7.05 Å². The zero-order valence-corrected chi connectivity index (χ0v) is 20.6. The van der Waals surface area contributed by atoms with Gasteiger partial charge in [-0.3, -0.25) is 4.79 Å². The van der Waals surface area contributed by atoms with Gasteiger partial charge in [0.1, 0.15) is 18.8 Å². The molecule has 186 valence electrons. The number of anilines is 2. The number of nitrogens with zero attached hydrogens (tertiary/aromatic N) is 3. The molecular formula is C25H28ClFN4O4. The number of amides is 1. The van der Waals surface area contributed by atoms with Crippen molar-refractivity contribution in [1.29, 1.82) is 0 Å². The van der Waals surface area contributed by atoms with Crippen LogP contribution < -0.4 is 14.8 Å². The Labute approximate surface area is 208 Å². The molecule has 1 aliphatic rings. The maximum absolute atomic E-state index is 14.5. The third-order valence-corrected chi connectivity index (χ3v) is 6.56. The molecule has 35 heavy (non-hydrogen) atoms. The van der Waals surface area contributed by atoms with Crippen molar-refractivity contribution in [3.63, 3.8) is 0 Å². The molecule has 1 amide bonds. The second kappa shape index (κ2) is 11.0. The van der Waals surface area contributed by atoms with Gasteiger partial charge in [0.05, 0.1) is 29.4 Å². The minimum atomic E-state index is -0.559. The number of rotatable bonds is 8. The average molecular weight is 503 g/mol. The quantitative estimate of drug-likeness (QED) is 0.465. The van der Waals surface area contributed by atoms with E-state index >= 15 is 0 Å². The Kier molecular flexibility index (Phi) is 7.87. The normalized spacial score (nSPS) is 17.7. The van der Waals surface area contributed by atoms with Crippen molar-refractivity contribution in [1.82, 2.24) is 14.9 Å². The SMILES string of the molecule is COCC(=O)N(C)C1CCC(Oc2cc3c(Nc4cccc(Cl)c4F)ncnc3cc2OC)CC1. The molecule has 1 saturated carbocycles. The molecule has 0 atom stereocenters. The number of carbonyl (C=O) groups excluding carboxylic acids is 1. The number of hydrogen-bond acceptors (Lipinski definition) is 7. The van der Waals surface area contributed by atoms with Gasteiger partial charge >= 0.3 is 0 Å². The number of nitrogens with one attached hydrogen (secondary N) is 1. The Morgan fingerprint density at radius 3 is 2.66 bits per heavy atom. The molecule has 0 aliphatic heterocycles. The lowest BCUT2D eigenvalue weighted by Crippen LogP contribution is -2.42. The minimum Gasteiger partial charge on any atom is -0.493 e. The fourth-order valence-electron chi connectivity index (χ4n) is 4.30. The fourth-order valence-corrected chi connectivity index (χ4v) is 4.48. The monoisotopic (exact) mass is 502 g/mol. The Balaban J connectivity index is 1.54. The van der Waals surface area contributed by atoms with Gasteiger partial charge in [0.2, 0.25) is 5.91 Å². The molecule has 0 spiro atoms. The van der Waals surface area contributed by atoms with E-state index in [9.17, 15) is 9.18 Å². The molecule has 8 nitrogen and oxygen atoms in total. The highest BCUT2D eigenvalue weighted by Crippen LogP contribution is 2.37. The second-order valence-corrected chi connectivity index (χ2v) is 8.86. The Bertz CT molecular complexity index is 1200. The number of benzene rings is 2. The molecule has 0 radical (unpaired) electrons. The molecule has 1 heterocycles. The van der Waals surface area contributed by atoms with Gasteiger partial charge in [-0.25, -0.2) is 14.4 Å². The van der Waals surface area contributed by atoms with Gasteiger partial charge in [0, 0.05) is 31.7 Å². The Morgan fingerprint density at radius 2 is 1.94 bits per heavy atom. The molecule has 4 rings (SSSR count). The van der Waals surface area contributed by atoms with Gasteiger partial charge in [0.25, 0.3) is 0 Å². The van der Waals surface area contributed by atoms with Crippen molar-refractivity contribution in [2.24, 2.45) is 0 Å². The van der Waals surface area contributed by atoms with Crippen LogP contribution in [0.1, 0.15) is 25.7 Å². The van der Waals surface area contributed by atoms with Crippen molar-refractivity contribution in [2.45, 2.75) is 37.8 Å². The summed E-state index contributed by atoms with van der Waals surface area (Å²) >= 11 is 5.92. The van der Waals surface area contributed by atoms with Crippen molar-refractivity contribution in [3.05, 3.63) is 47.5 Å². The molecule has 3 aromatic rings. The largest absolute Gasteiger partial charge is 0.493 e. The highest BCUT2D eigenvalue weighted by molar-refractivity contribution is 6.31. The van der Waals surface area contributed by atoms with Crippen LogP contribution in [0.5, 0.6) is 11.5 Å². The number of likely N-dealkylation sites (N-methyl/N-ethyl adjacent to an activating group) is 1. The van der Waals surface area contributed by atoms with E-state index in [2.05, 4.69) is 15.3 Å². The first-order valence-electron chi connectivity index (χ1n) is 11.4. The molecule has 1 aliphatic carbocycles. The number of methoxy groups -OCH3 is 2. The molecule has 1 fully saturated rings. The zero-order valence-electron chi connectivity index (χ0n) is 19.9. The number of hydrogen-bond donors (Lipinski definition) is 1. The van der Waals surface area contributed by atoms with Crippen molar-refractivity contribution >= 4 is 39.9 Å². The van der Waals surface area contributed by atoms with Crippen LogP contribution in [0.2, 0.25) is 5.02 Å². The van der Waals surface area contributed by atoms with Gasteiger partial charge in [-0.1, -0.05) is 17.7 Å². The third-order valence-electron chi connectivity index (χ3n) is 6.27. The Hall–Kier alpha value is -3.17. The summed E-state index contributed by atoms with van der Waals surface area (Å²) in [4.78, 5) is 22.5. The maximum Gasteiger partial charge on any atom is 0.248 e. The summed E-state index contributed by atoms with van der Waals surface area (Å²) in [5, 5.41) is 3.68. The van der Waals surface area contributed by atoms with Crippen LogP contribution in [-0.4, -0.2) is 60.8 Å². The van der Waals surface area contributed by atoms with E-state index in [1.165, 1.54) is 19.5 Å². The maximum atomic E-state index is 14.5. The van der Waals surface area contributed by atoms with E-state index in [4.69, 9.17) is 25.8 Å². The van der Waals surface area contributed by atoms with Crippen LogP contribution in [0.3, 0.4) is 0 Å². The number of halogens is 2. The first kappa shape index (κ1) is 24.9. The van der Waals surface area contributed by atoms with Gasteiger partial charge in [0.15, 0.2) is 17.3 Å². The van der Waals surface area contributed by atoms with Gasteiger partial charge in [-0.05, 0) is 43.9 Å². The number of fused-ring (bicyclic) bond motifs is 1. The van der Waals surface area contributed by atoms with Crippen LogP contribution in [0, 0.1) is 5.82 Å². The predicted molar refractivity (Wildman–Crippen MR) is 132 cm³/mol. The van der Waals surface area contributed by atoms with E-state index in [0.29, 0.717) is 28.2 Å². The van der Waals surface area contributed by atoms with Gasteiger partial charge in [-0.15, -0.1) is 0 Å². The smallest absolute Gasteiger partial charge is 0.248 e. The number of aromatic nitrogens is 2. The summed E-state index contributed by atoms with van der Waals surface area (Å²) < 4.78 is 31.3. The van der Waals surface area contributed by atoms with Gasteiger partial charge in [-0.2, -0.15) is 0 Å². The lowest BCUT2D eigenvalue weighted by molar-refractivity contribution is -0.136. The van der Waals surface area contributed by atoms with Crippen LogP contribution >= 0.6 is 11.6 Å². The summed E-state index contributed by atoms with van der Waals surface area (Å²) in [6.07, 6.45) is 4.61. The third kappa shape index (κ3) is 5.57. The van der Waals surface area contributed by atoms with Crippen molar-refractivity contribution < 1.29 is 23.4 Å². The first-order chi connectivity index (χ1) is 16.9. The molecule has 1 N–H and O–H groups in total. The summed E-state index contributed by atoms with van der Waals surface area (Å²) in [7, 11) is 4.91. The van der Waals surface area contributed by atoms with Crippen LogP contribution in [0.25, 0.3) is 10.9 Å². The summed E-state index contributed by atoms with van der Waals surface area (Å²) in [6.45, 7) is 0.0821. The van der Waals surface area contributed by atoms with Crippen molar-refractivity contribution in [2.75, 3.05) is 33.2 Å². The molecule has 1 aromatic heterocycles. The molecule has 0 saturated heterocycles. The summed E-state index contributed by atoms with van der Waals surface area (Å²) in [6, 6.07) is 8.46. The predicted octanol–water partition coefficient (Wildman–Crippen LogP) is 4.97. The molecule has 0 unspecified atom stereocenters. The van der Waals surface area contributed by atoms with E-state index in [-0.39, 0.29) is 35.4 Å². The standard InChI is InChI=1S/C25H28ClFN4O4/c1-31(23(32)13-33-2)15-7-9-16(10-8-15)35-22-11-17-20(12-21(22)34-3)28-14-29-25(17)30-19-6-4-5-18(26)24(19)27/h4-6,11-12,14-16H,7-10,13H2,1-3H3,(H,28,29,30). The second-order valence-electron chi connectivity index (χ2n) is 8.45. The topological polar surface area (TPSA) is 85.8 Å². The summed E-state index contributed by atoms with van der Waals surface area (Å²) in [5.74, 6) is 0.939. The van der Waals surface area contributed by atoms with E-state index < -0.39 is 5.82 Å². The van der Waals surface area contributed by atoms with Crippen LogP contribution in [-0.2, 0) is 9.53 Å². The van der Waals surface area contributed by atoms with E-state index in [1.54, 1.807) is 36.3 Å². The van der Waals surface area contributed by atoms with E-state index in [0.717, 1.165) is 25.7 Å².